The minimum atomic E-state index is -3.99. The highest BCUT2D eigenvalue weighted by Crippen LogP contribution is 2.46. The Morgan fingerprint density at radius 2 is 1.43 bits per heavy atom. The summed E-state index contributed by atoms with van der Waals surface area (Å²) in [6.45, 7) is 5.32. The molecule has 0 radical (unpaired) electrons. The summed E-state index contributed by atoms with van der Waals surface area (Å²) in [5.74, 6) is 0.635. The van der Waals surface area contributed by atoms with Gasteiger partial charge in [-0.25, -0.2) is 0 Å². The number of benzene rings is 3. The minimum Gasteiger partial charge on any atom is -0.485 e. The maximum atomic E-state index is 12.6. The number of fused-ring (bicyclic) bond motifs is 1. The molecule has 0 amide bonds. The molecule has 35 heavy (non-hydrogen) atoms. The first kappa shape index (κ1) is 25.7. The van der Waals surface area contributed by atoms with Gasteiger partial charge in [-0.2, -0.15) is 16.8 Å². The van der Waals surface area contributed by atoms with E-state index >= 15 is 0 Å². The highest BCUT2D eigenvalue weighted by atomic mass is 79.9. The van der Waals surface area contributed by atoms with Gasteiger partial charge >= 0.3 is 10.1 Å². The van der Waals surface area contributed by atoms with Crippen molar-refractivity contribution in [3.63, 3.8) is 0 Å². The third-order valence-corrected chi connectivity index (χ3v) is 8.99. The van der Waals surface area contributed by atoms with Gasteiger partial charge in [0.1, 0.15) is 28.6 Å². The fourth-order valence-electron chi connectivity index (χ4n) is 3.66. The molecule has 10 heteroatoms. The molecule has 1 unspecified atom stereocenters. The van der Waals surface area contributed by atoms with Crippen molar-refractivity contribution in [3.05, 3.63) is 83.4 Å². The van der Waals surface area contributed by atoms with Gasteiger partial charge in [-0.15, -0.1) is 0 Å². The molecule has 3 aromatic carbocycles. The first-order valence-corrected chi connectivity index (χ1v) is 14.5. The van der Waals surface area contributed by atoms with E-state index in [-0.39, 0.29) is 27.0 Å². The number of hydrogen-bond acceptors (Lipinski definition) is 7. The largest absolute Gasteiger partial charge is 0.485 e. The number of halogens is 1. The monoisotopic (exact) mass is 580 g/mol. The zero-order chi connectivity index (χ0) is 25.4. The number of rotatable bonds is 7. The summed E-state index contributed by atoms with van der Waals surface area (Å²) in [7, 11) is -7.94. The molecule has 0 fully saturated rings. The van der Waals surface area contributed by atoms with E-state index in [0.717, 1.165) is 11.1 Å². The van der Waals surface area contributed by atoms with Gasteiger partial charge in [0.15, 0.2) is 0 Å². The van der Waals surface area contributed by atoms with Gasteiger partial charge in [0, 0.05) is 16.8 Å². The van der Waals surface area contributed by atoms with Crippen LogP contribution < -0.4 is 8.92 Å². The van der Waals surface area contributed by atoms with Crippen molar-refractivity contribution >= 4 is 36.2 Å². The fraction of sp³-hybridized carbons (Fsp3) is 0.280. The molecule has 1 heterocycles. The number of alkyl halides is 1. The standard InChI is InChI=1S/C25H25BrO7S2/c1-17-4-9-20(10-5-17)34(27,28)31-16-25(3)15-23(26)22-14-19(8-13-24(22)32-25)33-35(29,30)21-11-6-18(2)7-12-21/h4-14,23H,15-16H2,1-3H3/t23?,25-/m0/s1. The van der Waals surface area contributed by atoms with Crippen molar-refractivity contribution < 1.29 is 29.9 Å². The quantitative estimate of drug-likeness (QED) is 0.270. The highest BCUT2D eigenvalue weighted by Gasteiger charge is 2.38. The van der Waals surface area contributed by atoms with E-state index in [2.05, 4.69) is 15.9 Å². The van der Waals surface area contributed by atoms with Crippen LogP contribution in [0.2, 0.25) is 0 Å². The zero-order valence-electron chi connectivity index (χ0n) is 19.4. The van der Waals surface area contributed by atoms with Gasteiger partial charge < -0.3 is 8.92 Å². The van der Waals surface area contributed by atoms with Crippen molar-refractivity contribution in [1.82, 2.24) is 0 Å². The van der Waals surface area contributed by atoms with Crippen molar-refractivity contribution in [3.8, 4) is 11.5 Å². The molecule has 0 N–H and O–H groups in total. The van der Waals surface area contributed by atoms with Crippen molar-refractivity contribution in [2.75, 3.05) is 6.61 Å². The molecular formula is C25H25BrO7S2. The summed E-state index contributed by atoms with van der Waals surface area (Å²) in [5, 5.41) is 0. The molecule has 1 aliphatic rings. The smallest absolute Gasteiger partial charge is 0.339 e. The molecule has 186 valence electrons. The summed E-state index contributed by atoms with van der Waals surface area (Å²) in [6, 6.07) is 17.5. The fourth-order valence-corrected chi connectivity index (χ4v) is 6.63. The lowest BCUT2D eigenvalue weighted by molar-refractivity contribution is 0.0193. The summed E-state index contributed by atoms with van der Waals surface area (Å²) < 4.78 is 67.3. The lowest BCUT2D eigenvalue weighted by Gasteiger charge is -2.37. The Kier molecular flexibility index (Phi) is 7.02. The van der Waals surface area contributed by atoms with E-state index < -0.39 is 25.8 Å². The van der Waals surface area contributed by atoms with Gasteiger partial charge in [-0.3, -0.25) is 4.18 Å². The van der Waals surface area contributed by atoms with Gasteiger partial charge in [0.2, 0.25) is 0 Å². The van der Waals surface area contributed by atoms with Crippen LogP contribution in [-0.4, -0.2) is 29.0 Å². The van der Waals surface area contributed by atoms with Crippen LogP contribution >= 0.6 is 15.9 Å². The molecule has 0 saturated carbocycles. The lowest BCUT2D eigenvalue weighted by Crippen LogP contribution is -2.42. The highest BCUT2D eigenvalue weighted by molar-refractivity contribution is 9.09. The number of aryl methyl sites for hydroxylation is 2. The van der Waals surface area contributed by atoms with E-state index in [4.69, 9.17) is 13.1 Å². The molecule has 4 rings (SSSR count). The molecule has 2 atom stereocenters. The molecule has 1 aliphatic heterocycles. The van der Waals surface area contributed by atoms with Crippen LogP contribution in [0.5, 0.6) is 11.5 Å². The van der Waals surface area contributed by atoms with E-state index in [1.54, 1.807) is 43.3 Å². The van der Waals surface area contributed by atoms with Crippen LogP contribution in [0.15, 0.2) is 76.5 Å². The van der Waals surface area contributed by atoms with Crippen LogP contribution in [0.1, 0.15) is 34.9 Å². The average molecular weight is 582 g/mol. The van der Waals surface area contributed by atoms with Crippen LogP contribution in [0, 0.1) is 13.8 Å². The van der Waals surface area contributed by atoms with Crippen LogP contribution in [-0.2, 0) is 24.4 Å². The first-order valence-electron chi connectivity index (χ1n) is 10.8. The predicted octanol–water partition coefficient (Wildman–Crippen LogP) is 5.45. The Hall–Kier alpha value is -2.40. The lowest BCUT2D eigenvalue weighted by atomic mass is 9.93. The second kappa shape index (κ2) is 9.57. The molecule has 7 nitrogen and oxygen atoms in total. The number of hydrogen-bond donors (Lipinski definition) is 0. The second-order valence-electron chi connectivity index (χ2n) is 8.80. The number of ether oxygens (including phenoxy) is 1. The topological polar surface area (TPSA) is 96.0 Å². The van der Waals surface area contributed by atoms with E-state index in [1.807, 2.05) is 13.8 Å². The third-order valence-electron chi connectivity index (χ3n) is 5.63. The Morgan fingerprint density at radius 3 is 2.00 bits per heavy atom. The van der Waals surface area contributed by atoms with Gasteiger partial charge in [0.25, 0.3) is 10.1 Å². The first-order chi connectivity index (χ1) is 16.4. The molecule has 0 saturated heterocycles. The van der Waals surface area contributed by atoms with Gasteiger partial charge in [-0.05, 0) is 63.2 Å². The normalized spacial score (nSPS) is 20.1. The Balaban J connectivity index is 1.49. The molecule has 0 spiro atoms. The van der Waals surface area contributed by atoms with Crippen LogP contribution in [0.4, 0.5) is 0 Å². The van der Waals surface area contributed by atoms with Crippen LogP contribution in [0.3, 0.4) is 0 Å². The SMILES string of the molecule is Cc1ccc(S(=O)(=O)OC[C@]2(C)CC(Br)c3cc(OS(=O)(=O)c4ccc(C)cc4)ccc3O2)cc1. The van der Waals surface area contributed by atoms with E-state index in [0.29, 0.717) is 17.7 Å². The second-order valence-corrected chi connectivity index (χ2v) is 13.1. The average Bonchev–Trinajstić information content (AvgIpc) is 2.79. The van der Waals surface area contributed by atoms with Gasteiger partial charge in [0.05, 0.1) is 4.90 Å². The summed E-state index contributed by atoms with van der Waals surface area (Å²) in [5.41, 5.74) is 1.64. The third kappa shape index (κ3) is 5.88. The molecule has 0 bridgehead atoms. The van der Waals surface area contributed by atoms with Crippen molar-refractivity contribution in [2.45, 2.75) is 47.4 Å². The summed E-state index contributed by atoms with van der Waals surface area (Å²) >= 11 is 3.61. The summed E-state index contributed by atoms with van der Waals surface area (Å²) in [4.78, 5) is -0.102. The molecule has 0 aliphatic carbocycles. The predicted molar refractivity (Wildman–Crippen MR) is 135 cm³/mol. The Labute approximate surface area is 214 Å². The van der Waals surface area contributed by atoms with E-state index in [1.165, 1.54) is 30.3 Å². The Morgan fingerprint density at radius 1 is 0.886 bits per heavy atom. The van der Waals surface area contributed by atoms with Crippen molar-refractivity contribution in [1.29, 1.82) is 0 Å². The zero-order valence-corrected chi connectivity index (χ0v) is 22.6. The van der Waals surface area contributed by atoms with Crippen molar-refractivity contribution in [2.24, 2.45) is 0 Å². The summed E-state index contributed by atoms with van der Waals surface area (Å²) in [6.07, 6.45) is 0.386. The molecular weight excluding hydrogens is 556 g/mol. The molecule has 3 aromatic rings. The van der Waals surface area contributed by atoms with Gasteiger partial charge in [-0.1, -0.05) is 51.3 Å². The maximum Gasteiger partial charge on any atom is 0.339 e. The van der Waals surface area contributed by atoms with Crippen LogP contribution in [0.25, 0.3) is 0 Å². The van der Waals surface area contributed by atoms with E-state index in [9.17, 15) is 16.8 Å². The maximum absolute atomic E-state index is 12.6. The Bertz CT molecular complexity index is 1430. The minimum absolute atomic E-state index is 0.0620. The molecule has 0 aromatic heterocycles.